The average Bonchev–Trinajstić information content (AvgIpc) is 2.46. The minimum Gasteiger partial charge on any atom is -0.372 e. The van der Waals surface area contributed by atoms with Crippen molar-refractivity contribution in [2.24, 2.45) is 5.92 Å². The third-order valence-corrected chi connectivity index (χ3v) is 4.05. The maximum absolute atomic E-state index is 11.8. The van der Waals surface area contributed by atoms with Gasteiger partial charge in [0.05, 0.1) is 16.0 Å². The Bertz CT molecular complexity index is 509. The Morgan fingerprint density at radius 2 is 2.15 bits per heavy atom. The summed E-state index contributed by atoms with van der Waals surface area (Å²) in [6.07, 6.45) is 1.83. The van der Waals surface area contributed by atoms with Gasteiger partial charge in [0.15, 0.2) is 0 Å². The molecule has 20 heavy (non-hydrogen) atoms. The average molecular weight is 317 g/mol. The summed E-state index contributed by atoms with van der Waals surface area (Å²) in [5, 5.41) is 6.63. The fourth-order valence-electron chi connectivity index (χ4n) is 2.44. The molecule has 0 radical (unpaired) electrons. The quantitative estimate of drug-likeness (QED) is 0.899. The topological polar surface area (TPSA) is 57.3 Å². The summed E-state index contributed by atoms with van der Waals surface area (Å²) in [6, 6.07) is 1.68. The van der Waals surface area contributed by atoms with Crippen molar-refractivity contribution >= 4 is 40.7 Å². The van der Waals surface area contributed by atoms with Crippen LogP contribution in [0, 0.1) is 5.92 Å². The third-order valence-electron chi connectivity index (χ3n) is 3.49. The van der Waals surface area contributed by atoms with Crippen molar-refractivity contribution in [2.45, 2.75) is 12.8 Å². The number of anilines is 2. The molecule has 7 heteroatoms. The smallest absolute Gasteiger partial charge is 0.224 e. The minimum atomic E-state index is -0.0275. The zero-order chi connectivity index (χ0) is 14.7. The van der Waals surface area contributed by atoms with Gasteiger partial charge in [-0.15, -0.1) is 0 Å². The summed E-state index contributed by atoms with van der Waals surface area (Å²) in [4.78, 5) is 18.3. The van der Waals surface area contributed by atoms with E-state index < -0.39 is 0 Å². The first-order valence-electron chi connectivity index (χ1n) is 6.57. The molecular formula is C13H18Cl2N4O. The molecule has 2 rings (SSSR count). The zero-order valence-corrected chi connectivity index (χ0v) is 13.1. The molecule has 0 bridgehead atoms. The standard InChI is InChI=1S/C13H18Cl2N4O/c1-16-11-9(14)6-10(15)12(18-11)19-5-3-4-8(7-19)13(20)17-2/h6,8H,3-5,7H2,1-2H3,(H,16,18)(H,17,20). The van der Waals surface area contributed by atoms with Crippen LogP contribution in [0.1, 0.15) is 12.8 Å². The minimum absolute atomic E-state index is 0.0275. The van der Waals surface area contributed by atoms with Gasteiger partial charge in [0.1, 0.15) is 11.6 Å². The largest absolute Gasteiger partial charge is 0.372 e. The molecule has 110 valence electrons. The molecule has 0 saturated carbocycles. The second kappa shape index (κ2) is 6.50. The molecular weight excluding hydrogens is 299 g/mol. The molecule has 1 unspecified atom stereocenters. The summed E-state index contributed by atoms with van der Waals surface area (Å²) in [5.41, 5.74) is 0. The highest BCUT2D eigenvalue weighted by atomic mass is 35.5. The van der Waals surface area contributed by atoms with Gasteiger partial charge in [-0.05, 0) is 18.9 Å². The van der Waals surface area contributed by atoms with Gasteiger partial charge in [-0.2, -0.15) is 0 Å². The predicted octanol–water partition coefficient (Wildman–Crippen LogP) is 2.39. The van der Waals surface area contributed by atoms with Crippen LogP contribution in [0.5, 0.6) is 0 Å². The van der Waals surface area contributed by atoms with E-state index in [2.05, 4.69) is 15.6 Å². The second-order valence-corrected chi connectivity index (χ2v) is 5.59. The molecule has 2 N–H and O–H groups in total. The lowest BCUT2D eigenvalue weighted by molar-refractivity contribution is -0.124. The summed E-state index contributed by atoms with van der Waals surface area (Å²) < 4.78 is 0. The van der Waals surface area contributed by atoms with Crippen molar-refractivity contribution in [1.29, 1.82) is 0 Å². The van der Waals surface area contributed by atoms with Crippen molar-refractivity contribution in [3.63, 3.8) is 0 Å². The number of pyridine rings is 1. The molecule has 1 aromatic heterocycles. The van der Waals surface area contributed by atoms with Crippen LogP contribution in [0.15, 0.2) is 6.07 Å². The van der Waals surface area contributed by atoms with E-state index in [0.717, 1.165) is 19.4 Å². The van der Waals surface area contributed by atoms with E-state index in [9.17, 15) is 4.79 Å². The first-order chi connectivity index (χ1) is 9.56. The number of amides is 1. The van der Waals surface area contributed by atoms with Gasteiger partial charge in [-0.1, -0.05) is 23.2 Å². The normalized spacial score (nSPS) is 18.8. The van der Waals surface area contributed by atoms with Gasteiger partial charge in [0, 0.05) is 27.2 Å². The van der Waals surface area contributed by atoms with Crippen LogP contribution < -0.4 is 15.5 Å². The highest BCUT2D eigenvalue weighted by Gasteiger charge is 2.27. The summed E-state index contributed by atoms with van der Waals surface area (Å²) in [6.45, 7) is 1.46. The van der Waals surface area contributed by atoms with E-state index >= 15 is 0 Å². The summed E-state index contributed by atoms with van der Waals surface area (Å²) in [7, 11) is 3.42. The van der Waals surface area contributed by atoms with E-state index in [1.165, 1.54) is 0 Å². The monoisotopic (exact) mass is 316 g/mol. The summed E-state index contributed by atoms with van der Waals surface area (Å²) in [5.74, 6) is 1.30. The highest BCUT2D eigenvalue weighted by Crippen LogP contribution is 2.33. The molecule has 1 saturated heterocycles. The van der Waals surface area contributed by atoms with Crippen molar-refractivity contribution in [3.8, 4) is 0 Å². The lowest BCUT2D eigenvalue weighted by Gasteiger charge is -2.33. The summed E-state index contributed by atoms with van der Waals surface area (Å²) >= 11 is 12.3. The fourth-order valence-corrected chi connectivity index (χ4v) is 3.01. The fraction of sp³-hybridized carbons (Fsp3) is 0.538. The van der Waals surface area contributed by atoms with Gasteiger partial charge in [0.25, 0.3) is 0 Å². The van der Waals surface area contributed by atoms with E-state index in [4.69, 9.17) is 23.2 Å². The van der Waals surface area contributed by atoms with Gasteiger partial charge in [-0.3, -0.25) is 4.79 Å². The predicted molar refractivity (Wildman–Crippen MR) is 82.8 cm³/mol. The molecule has 0 aliphatic carbocycles. The van der Waals surface area contributed by atoms with E-state index in [1.54, 1.807) is 20.2 Å². The van der Waals surface area contributed by atoms with Crippen molar-refractivity contribution in [1.82, 2.24) is 10.3 Å². The molecule has 1 aliphatic rings. The molecule has 1 aromatic rings. The Kier molecular flexibility index (Phi) is 4.94. The molecule has 0 aromatic carbocycles. The van der Waals surface area contributed by atoms with Crippen LogP contribution in [0.25, 0.3) is 0 Å². The third kappa shape index (κ3) is 3.10. The van der Waals surface area contributed by atoms with Crippen LogP contribution in [0.3, 0.4) is 0 Å². The second-order valence-electron chi connectivity index (χ2n) is 4.77. The molecule has 0 spiro atoms. The number of nitrogens with one attached hydrogen (secondary N) is 2. The van der Waals surface area contributed by atoms with Crippen LogP contribution >= 0.6 is 23.2 Å². The molecule has 1 atom stereocenters. The first-order valence-corrected chi connectivity index (χ1v) is 7.32. The number of piperidine rings is 1. The van der Waals surface area contributed by atoms with Crippen LogP contribution in [0.4, 0.5) is 11.6 Å². The van der Waals surface area contributed by atoms with Gasteiger partial charge >= 0.3 is 0 Å². The number of hydrogen-bond acceptors (Lipinski definition) is 4. The number of carbonyl (C=O) groups excluding carboxylic acids is 1. The number of hydrogen-bond donors (Lipinski definition) is 2. The van der Waals surface area contributed by atoms with E-state index in [1.807, 2.05) is 4.90 Å². The van der Waals surface area contributed by atoms with Crippen LogP contribution in [-0.2, 0) is 4.79 Å². The Morgan fingerprint density at radius 1 is 1.40 bits per heavy atom. The Morgan fingerprint density at radius 3 is 2.80 bits per heavy atom. The number of nitrogens with zero attached hydrogens (tertiary/aromatic N) is 2. The van der Waals surface area contributed by atoms with Crippen LogP contribution in [-0.4, -0.2) is 38.1 Å². The maximum atomic E-state index is 11.8. The van der Waals surface area contributed by atoms with E-state index in [0.29, 0.717) is 28.2 Å². The van der Waals surface area contributed by atoms with Crippen molar-refractivity contribution in [2.75, 3.05) is 37.4 Å². The lowest BCUT2D eigenvalue weighted by Crippen LogP contribution is -2.42. The Balaban J connectivity index is 2.24. The number of aromatic nitrogens is 1. The lowest BCUT2D eigenvalue weighted by atomic mass is 9.97. The molecule has 5 nitrogen and oxygen atoms in total. The van der Waals surface area contributed by atoms with Crippen LogP contribution in [0.2, 0.25) is 10.0 Å². The molecule has 1 fully saturated rings. The van der Waals surface area contributed by atoms with Crippen molar-refractivity contribution < 1.29 is 4.79 Å². The number of halogens is 2. The van der Waals surface area contributed by atoms with Gasteiger partial charge in [-0.25, -0.2) is 4.98 Å². The Labute approximate surface area is 128 Å². The molecule has 1 aliphatic heterocycles. The first kappa shape index (κ1) is 15.2. The van der Waals surface area contributed by atoms with E-state index in [-0.39, 0.29) is 11.8 Å². The molecule has 1 amide bonds. The molecule has 2 heterocycles. The zero-order valence-electron chi connectivity index (χ0n) is 11.5. The van der Waals surface area contributed by atoms with Gasteiger partial charge in [0.2, 0.25) is 5.91 Å². The SMILES string of the molecule is CNC(=O)C1CCCN(c2nc(NC)c(Cl)cc2Cl)C1. The number of carbonyl (C=O) groups is 1. The van der Waals surface area contributed by atoms with Gasteiger partial charge < -0.3 is 15.5 Å². The maximum Gasteiger partial charge on any atom is 0.224 e. The Hall–Kier alpha value is -1.20. The van der Waals surface area contributed by atoms with Crippen molar-refractivity contribution in [3.05, 3.63) is 16.1 Å². The highest BCUT2D eigenvalue weighted by molar-refractivity contribution is 6.37. The number of rotatable bonds is 3.